The monoisotopic (exact) mass is 474 g/mol. The maximum absolute atomic E-state index is 14.4. The zero-order chi connectivity index (χ0) is 21.3. The zero-order valence-electron chi connectivity index (χ0n) is 16.2. The van der Waals surface area contributed by atoms with Crippen molar-refractivity contribution in [2.45, 2.75) is 24.9 Å². The highest BCUT2D eigenvalue weighted by Crippen LogP contribution is 2.39. The van der Waals surface area contributed by atoms with E-state index in [9.17, 15) is 18.4 Å². The third kappa shape index (κ3) is 4.31. The Hall–Kier alpha value is -2.54. The molecule has 2 aliphatic rings. The summed E-state index contributed by atoms with van der Waals surface area (Å²) in [4.78, 5) is 27.1. The molecule has 30 heavy (non-hydrogen) atoms. The largest absolute Gasteiger partial charge is 0.343 e. The molecule has 1 aliphatic heterocycles. The van der Waals surface area contributed by atoms with Gasteiger partial charge in [-0.2, -0.15) is 0 Å². The first kappa shape index (κ1) is 20.7. The fourth-order valence-electron chi connectivity index (χ4n) is 3.88. The topological polar surface area (TPSA) is 49.4 Å². The van der Waals surface area contributed by atoms with E-state index in [2.05, 4.69) is 21.2 Å². The number of alkyl halides is 1. The number of hydrogen-bond donors (Lipinski definition) is 1. The van der Waals surface area contributed by atoms with E-state index >= 15 is 0 Å². The van der Waals surface area contributed by atoms with E-state index in [0.717, 1.165) is 36.6 Å². The molecule has 2 atom stereocenters. The Morgan fingerprint density at radius 1 is 1.13 bits per heavy atom. The predicted octanol–water partition coefficient (Wildman–Crippen LogP) is 4.22. The molecule has 0 radical (unpaired) electrons. The second-order valence-corrected chi connectivity index (χ2v) is 8.21. The summed E-state index contributed by atoms with van der Waals surface area (Å²) < 4.78 is 28.2. The second kappa shape index (κ2) is 8.68. The van der Waals surface area contributed by atoms with Crippen molar-refractivity contribution >= 4 is 33.3 Å². The maximum atomic E-state index is 14.4. The van der Waals surface area contributed by atoms with Crippen molar-refractivity contribution in [2.24, 2.45) is 5.92 Å². The summed E-state index contributed by atoms with van der Waals surface area (Å²) in [5, 5.41) is 2.93. The molecule has 1 aliphatic carbocycles. The van der Waals surface area contributed by atoms with Crippen LogP contribution in [-0.2, 0) is 9.59 Å². The lowest BCUT2D eigenvalue weighted by molar-refractivity contribution is -0.137. The number of hydrogen-bond acceptors (Lipinski definition) is 2. The lowest BCUT2D eigenvalue weighted by Crippen LogP contribution is -2.50. The van der Waals surface area contributed by atoms with E-state index in [1.54, 1.807) is 11.0 Å². The summed E-state index contributed by atoms with van der Waals surface area (Å²) in [7, 11) is 0. The highest BCUT2D eigenvalue weighted by atomic mass is 79.9. The van der Waals surface area contributed by atoms with Crippen molar-refractivity contribution in [3.05, 3.63) is 77.4 Å². The van der Waals surface area contributed by atoms with Gasteiger partial charge in [0.1, 0.15) is 17.7 Å². The molecule has 4 rings (SSSR count). The number of nitrogens with zero attached hydrogens (tertiary/aromatic N) is 1. The molecular formula is C23H21BrF2N2O2. The number of benzene rings is 2. The zero-order valence-corrected chi connectivity index (χ0v) is 17.7. The average molecular weight is 475 g/mol. The normalized spacial score (nSPS) is 19.4. The second-order valence-electron chi connectivity index (χ2n) is 7.65. The molecule has 1 heterocycles. The minimum Gasteiger partial charge on any atom is -0.343 e. The SMILES string of the molecule is O=C(CBr)N[C@H](C(=O)N1CC(c2cc(F)ccc2F)=C[C@H]1c1ccccc1)C1CC1. The van der Waals surface area contributed by atoms with Crippen LogP contribution in [0, 0.1) is 17.6 Å². The lowest BCUT2D eigenvalue weighted by Gasteiger charge is -2.30. The van der Waals surface area contributed by atoms with Gasteiger partial charge in [-0.05, 0) is 48.1 Å². The van der Waals surface area contributed by atoms with Crippen molar-refractivity contribution in [1.29, 1.82) is 0 Å². The molecular weight excluding hydrogens is 454 g/mol. The number of amides is 2. The van der Waals surface area contributed by atoms with E-state index in [0.29, 0.717) is 5.57 Å². The third-order valence-electron chi connectivity index (χ3n) is 5.53. The highest BCUT2D eigenvalue weighted by molar-refractivity contribution is 9.09. The number of nitrogens with one attached hydrogen (secondary N) is 1. The van der Waals surface area contributed by atoms with Gasteiger partial charge in [-0.3, -0.25) is 9.59 Å². The summed E-state index contributed by atoms with van der Waals surface area (Å²) in [6.45, 7) is 0.145. The van der Waals surface area contributed by atoms with Crippen molar-refractivity contribution in [2.75, 3.05) is 11.9 Å². The van der Waals surface area contributed by atoms with Crippen LogP contribution in [-0.4, -0.2) is 34.6 Å². The Balaban J connectivity index is 1.68. The van der Waals surface area contributed by atoms with Crippen LogP contribution in [0.5, 0.6) is 0 Å². The van der Waals surface area contributed by atoms with Crippen LogP contribution in [0.4, 0.5) is 8.78 Å². The molecule has 7 heteroatoms. The summed E-state index contributed by atoms with van der Waals surface area (Å²) >= 11 is 3.12. The first-order valence-electron chi connectivity index (χ1n) is 9.85. The molecule has 156 valence electrons. The van der Waals surface area contributed by atoms with Gasteiger partial charge in [0.15, 0.2) is 0 Å². The summed E-state index contributed by atoms with van der Waals surface area (Å²) in [5.74, 6) is -1.42. The van der Waals surface area contributed by atoms with Crippen molar-refractivity contribution in [3.63, 3.8) is 0 Å². The van der Waals surface area contributed by atoms with Gasteiger partial charge >= 0.3 is 0 Å². The van der Waals surface area contributed by atoms with Crippen LogP contribution < -0.4 is 5.32 Å². The minimum absolute atomic E-state index is 0.104. The molecule has 0 unspecified atom stereocenters. The van der Waals surface area contributed by atoms with E-state index < -0.39 is 23.7 Å². The molecule has 4 nitrogen and oxygen atoms in total. The first-order valence-corrected chi connectivity index (χ1v) is 11.0. The Kier molecular flexibility index (Phi) is 5.99. The van der Waals surface area contributed by atoms with Crippen molar-refractivity contribution < 1.29 is 18.4 Å². The van der Waals surface area contributed by atoms with Gasteiger partial charge in [0.2, 0.25) is 11.8 Å². The number of halogens is 3. The van der Waals surface area contributed by atoms with Crippen molar-refractivity contribution in [1.82, 2.24) is 10.2 Å². The van der Waals surface area contributed by atoms with Crippen LogP contribution in [0.2, 0.25) is 0 Å². The van der Waals surface area contributed by atoms with Crippen LogP contribution in [0.25, 0.3) is 5.57 Å². The number of carbonyl (C=O) groups excluding carboxylic acids is 2. The Labute approximate surface area is 182 Å². The lowest BCUT2D eigenvalue weighted by atomic mass is 10.0. The van der Waals surface area contributed by atoms with Crippen LogP contribution in [0.1, 0.15) is 30.0 Å². The van der Waals surface area contributed by atoms with Crippen LogP contribution in [0.15, 0.2) is 54.6 Å². The van der Waals surface area contributed by atoms with Crippen molar-refractivity contribution in [3.8, 4) is 0 Å². The fourth-order valence-corrected chi connectivity index (χ4v) is 4.04. The Bertz CT molecular complexity index is 992. The fraction of sp³-hybridized carbons (Fsp3) is 0.304. The Morgan fingerprint density at radius 3 is 2.53 bits per heavy atom. The van der Waals surface area contributed by atoms with Gasteiger partial charge in [0.05, 0.1) is 11.4 Å². The van der Waals surface area contributed by atoms with Gasteiger partial charge in [-0.25, -0.2) is 8.78 Å². The average Bonchev–Trinajstić information content (AvgIpc) is 3.51. The minimum atomic E-state index is -0.619. The third-order valence-corrected chi connectivity index (χ3v) is 6.04. The van der Waals surface area contributed by atoms with E-state index in [-0.39, 0.29) is 35.2 Å². The van der Waals surface area contributed by atoms with E-state index in [1.807, 2.05) is 30.3 Å². The highest BCUT2D eigenvalue weighted by Gasteiger charge is 2.42. The van der Waals surface area contributed by atoms with Gasteiger partial charge in [0.25, 0.3) is 0 Å². The molecule has 0 aromatic heterocycles. The molecule has 2 aromatic rings. The van der Waals surface area contributed by atoms with Gasteiger partial charge < -0.3 is 10.2 Å². The molecule has 1 N–H and O–H groups in total. The van der Waals surface area contributed by atoms with E-state index in [4.69, 9.17) is 0 Å². The van der Waals surface area contributed by atoms with Gasteiger partial charge in [-0.15, -0.1) is 0 Å². The summed E-state index contributed by atoms with van der Waals surface area (Å²) in [5.41, 5.74) is 1.58. The first-order chi connectivity index (χ1) is 14.5. The van der Waals surface area contributed by atoms with Crippen LogP contribution in [0.3, 0.4) is 0 Å². The molecule has 1 saturated carbocycles. The smallest absolute Gasteiger partial charge is 0.246 e. The maximum Gasteiger partial charge on any atom is 0.246 e. The molecule has 2 aromatic carbocycles. The number of rotatable bonds is 6. The van der Waals surface area contributed by atoms with Crippen LogP contribution >= 0.6 is 15.9 Å². The predicted molar refractivity (Wildman–Crippen MR) is 114 cm³/mol. The quantitative estimate of drug-likeness (QED) is 0.637. The molecule has 0 spiro atoms. The summed E-state index contributed by atoms with van der Waals surface area (Å²) in [6.07, 6.45) is 3.56. The molecule has 0 saturated heterocycles. The molecule has 1 fully saturated rings. The standard InChI is InChI=1S/C23H21BrF2N2O2/c24-12-21(29)27-22(15-6-7-15)23(30)28-13-16(18-11-17(25)8-9-19(18)26)10-20(28)14-4-2-1-3-5-14/h1-5,8-11,15,20,22H,6-7,12-13H2,(H,27,29)/t20-,22-/m0/s1. The van der Waals surface area contributed by atoms with E-state index in [1.165, 1.54) is 0 Å². The number of carbonyl (C=O) groups is 2. The molecule has 0 bridgehead atoms. The molecule has 2 amide bonds. The van der Waals surface area contributed by atoms with Gasteiger partial charge in [0, 0.05) is 12.1 Å². The van der Waals surface area contributed by atoms with Gasteiger partial charge in [-0.1, -0.05) is 52.3 Å². The Morgan fingerprint density at radius 2 is 1.87 bits per heavy atom. The summed E-state index contributed by atoms with van der Waals surface area (Å²) in [6, 6.07) is 11.7.